The highest BCUT2D eigenvalue weighted by molar-refractivity contribution is 5.97. The van der Waals surface area contributed by atoms with E-state index in [0.717, 1.165) is 15.8 Å². The summed E-state index contributed by atoms with van der Waals surface area (Å²) in [6.07, 6.45) is 0. The summed E-state index contributed by atoms with van der Waals surface area (Å²) in [4.78, 5) is 17.0. The fraction of sp³-hybridized carbons (Fsp3) is 0.211. The molecular weight excluding hydrogens is 346 g/mol. The molecule has 8 nitrogen and oxygen atoms in total. The van der Waals surface area contributed by atoms with Crippen LogP contribution in [0, 0.1) is 13.8 Å². The first kappa shape index (κ1) is 16.9. The van der Waals surface area contributed by atoms with Crippen molar-refractivity contribution in [1.82, 2.24) is 14.8 Å². The van der Waals surface area contributed by atoms with Gasteiger partial charge in [0.15, 0.2) is 11.5 Å². The maximum absolute atomic E-state index is 12.9. The molecule has 0 saturated heterocycles. The Balaban J connectivity index is 1.65. The van der Waals surface area contributed by atoms with Gasteiger partial charge >= 0.3 is 0 Å². The van der Waals surface area contributed by atoms with Crippen LogP contribution in [0.15, 0.2) is 36.4 Å². The smallest absolute Gasteiger partial charge is 0.281 e. The molecule has 0 fully saturated rings. The average molecular weight is 365 g/mol. The largest absolute Gasteiger partial charge is 0.486 e. The number of nitrogen functional groups attached to an aromatic ring is 1. The van der Waals surface area contributed by atoms with Crippen LogP contribution in [0.4, 0.5) is 17.6 Å². The quantitative estimate of drug-likeness (QED) is 0.735. The van der Waals surface area contributed by atoms with Crippen molar-refractivity contribution in [2.75, 3.05) is 24.3 Å². The summed E-state index contributed by atoms with van der Waals surface area (Å²) in [6, 6.07) is 10.9. The fourth-order valence-corrected chi connectivity index (χ4v) is 2.80. The lowest BCUT2D eigenvalue weighted by Crippen LogP contribution is -2.17. The van der Waals surface area contributed by atoms with Gasteiger partial charge in [0, 0.05) is 17.3 Å². The van der Waals surface area contributed by atoms with E-state index < -0.39 is 0 Å². The number of ether oxygens (including phenoxy) is 2. The zero-order valence-electron chi connectivity index (χ0n) is 15.0. The molecule has 3 N–H and O–H groups in total. The number of carbonyl (C=O) groups excluding carboxylic acids is 1. The lowest BCUT2D eigenvalue weighted by Gasteiger charge is -2.19. The summed E-state index contributed by atoms with van der Waals surface area (Å²) in [5.41, 5.74) is 9.06. The van der Waals surface area contributed by atoms with Crippen molar-refractivity contribution < 1.29 is 14.3 Å². The molecule has 0 aliphatic carbocycles. The first-order valence-corrected chi connectivity index (χ1v) is 8.52. The van der Waals surface area contributed by atoms with Crippen molar-refractivity contribution >= 4 is 23.5 Å². The van der Waals surface area contributed by atoms with Crippen LogP contribution in [0.3, 0.4) is 0 Å². The van der Waals surface area contributed by atoms with Crippen LogP contribution >= 0.6 is 0 Å². The van der Waals surface area contributed by atoms with Gasteiger partial charge in [0.05, 0.1) is 0 Å². The summed E-state index contributed by atoms with van der Waals surface area (Å²) in [6.45, 7) is 4.96. The van der Waals surface area contributed by atoms with Crippen LogP contribution in [0.25, 0.3) is 0 Å². The van der Waals surface area contributed by atoms with Gasteiger partial charge in [-0.1, -0.05) is 6.07 Å². The maximum atomic E-state index is 12.9. The zero-order chi connectivity index (χ0) is 19.0. The lowest BCUT2D eigenvalue weighted by atomic mass is 10.1. The molecular formula is C19H19N5O3. The molecule has 27 heavy (non-hydrogen) atoms. The molecule has 0 atom stereocenters. The topological polar surface area (TPSA) is 104 Å². The molecule has 0 saturated carbocycles. The van der Waals surface area contributed by atoms with Crippen molar-refractivity contribution in [3.05, 3.63) is 53.1 Å². The maximum Gasteiger partial charge on any atom is 0.281 e. The Morgan fingerprint density at radius 1 is 1.07 bits per heavy atom. The second-order valence-electron chi connectivity index (χ2n) is 6.29. The number of hydrogen-bond acceptors (Lipinski definition) is 7. The van der Waals surface area contributed by atoms with Crippen LogP contribution < -0.4 is 20.5 Å². The molecule has 2 aromatic carbocycles. The SMILES string of the molecule is Cc1ccc(C(=O)n2nc(N)nc2Nc2ccc3c(c2)OCCO3)cc1C. The van der Waals surface area contributed by atoms with E-state index in [1.54, 1.807) is 18.2 Å². The summed E-state index contributed by atoms with van der Waals surface area (Å²) in [5, 5.41) is 7.11. The minimum absolute atomic E-state index is 0.00669. The number of aryl methyl sites for hydroxylation is 2. The number of benzene rings is 2. The number of anilines is 3. The molecule has 2 heterocycles. The highest BCUT2D eigenvalue weighted by Gasteiger charge is 2.19. The summed E-state index contributed by atoms with van der Waals surface area (Å²) < 4.78 is 12.3. The van der Waals surface area contributed by atoms with Gasteiger partial charge in [-0.3, -0.25) is 4.79 Å². The Hall–Kier alpha value is -3.55. The molecule has 1 aliphatic rings. The Labute approximate surface area is 155 Å². The average Bonchev–Trinajstić information content (AvgIpc) is 3.03. The van der Waals surface area contributed by atoms with Gasteiger partial charge in [-0.15, -0.1) is 5.10 Å². The molecule has 1 aromatic heterocycles. The van der Waals surface area contributed by atoms with E-state index in [4.69, 9.17) is 15.2 Å². The molecule has 0 bridgehead atoms. The Kier molecular flexibility index (Phi) is 4.15. The van der Waals surface area contributed by atoms with E-state index in [1.165, 1.54) is 0 Å². The summed E-state index contributed by atoms with van der Waals surface area (Å²) in [7, 11) is 0. The van der Waals surface area contributed by atoms with Crippen LogP contribution in [-0.4, -0.2) is 33.9 Å². The van der Waals surface area contributed by atoms with Gasteiger partial charge in [-0.05, 0) is 49.2 Å². The monoisotopic (exact) mass is 365 g/mol. The van der Waals surface area contributed by atoms with Gasteiger partial charge < -0.3 is 20.5 Å². The predicted molar refractivity (Wildman–Crippen MR) is 101 cm³/mol. The standard InChI is InChI=1S/C19H19N5O3/c1-11-3-4-13(9-12(11)2)17(25)24-19(22-18(20)23-24)21-14-5-6-15-16(10-14)27-8-7-26-15/h3-6,9-10H,7-8H2,1-2H3,(H3,20,21,22,23). The van der Waals surface area contributed by atoms with Crippen molar-refractivity contribution in [1.29, 1.82) is 0 Å². The lowest BCUT2D eigenvalue weighted by molar-refractivity contribution is 0.0948. The van der Waals surface area contributed by atoms with E-state index >= 15 is 0 Å². The van der Waals surface area contributed by atoms with Gasteiger partial charge in [-0.2, -0.15) is 9.67 Å². The first-order valence-electron chi connectivity index (χ1n) is 8.52. The number of carbonyl (C=O) groups is 1. The molecule has 0 amide bonds. The van der Waals surface area contributed by atoms with Crippen LogP contribution in [0.2, 0.25) is 0 Å². The van der Waals surface area contributed by atoms with Gasteiger partial charge in [0.1, 0.15) is 13.2 Å². The van der Waals surface area contributed by atoms with Gasteiger partial charge in [0.2, 0.25) is 11.9 Å². The van der Waals surface area contributed by atoms with Gasteiger partial charge in [-0.25, -0.2) is 0 Å². The van der Waals surface area contributed by atoms with E-state index in [9.17, 15) is 4.79 Å². The Morgan fingerprint density at radius 3 is 2.63 bits per heavy atom. The van der Waals surface area contributed by atoms with Crippen LogP contribution in [-0.2, 0) is 0 Å². The van der Waals surface area contributed by atoms with E-state index in [0.29, 0.717) is 36.0 Å². The van der Waals surface area contributed by atoms with E-state index in [1.807, 2.05) is 32.0 Å². The third-order valence-corrected chi connectivity index (χ3v) is 4.37. The van der Waals surface area contributed by atoms with Crippen LogP contribution in [0.1, 0.15) is 21.5 Å². The predicted octanol–water partition coefficient (Wildman–Crippen LogP) is 2.68. The van der Waals surface area contributed by atoms with Crippen LogP contribution in [0.5, 0.6) is 11.5 Å². The Morgan fingerprint density at radius 2 is 1.85 bits per heavy atom. The third kappa shape index (κ3) is 3.29. The van der Waals surface area contributed by atoms with Crippen molar-refractivity contribution in [2.24, 2.45) is 0 Å². The van der Waals surface area contributed by atoms with Crippen molar-refractivity contribution in [3.8, 4) is 11.5 Å². The highest BCUT2D eigenvalue weighted by Crippen LogP contribution is 2.33. The Bertz CT molecular complexity index is 1030. The molecule has 0 unspecified atom stereocenters. The fourth-order valence-electron chi connectivity index (χ4n) is 2.80. The van der Waals surface area contributed by atoms with Gasteiger partial charge in [0.25, 0.3) is 5.91 Å². The molecule has 8 heteroatoms. The highest BCUT2D eigenvalue weighted by atomic mass is 16.6. The number of rotatable bonds is 3. The molecule has 1 aliphatic heterocycles. The molecule has 138 valence electrons. The van der Waals surface area contributed by atoms with Crippen molar-refractivity contribution in [3.63, 3.8) is 0 Å². The number of aromatic nitrogens is 3. The van der Waals surface area contributed by atoms with E-state index in [2.05, 4.69) is 15.4 Å². The second-order valence-corrected chi connectivity index (χ2v) is 6.29. The summed E-state index contributed by atoms with van der Waals surface area (Å²) >= 11 is 0. The first-order chi connectivity index (χ1) is 13.0. The summed E-state index contributed by atoms with van der Waals surface area (Å²) in [5.74, 6) is 1.23. The normalized spacial score (nSPS) is 12.7. The minimum atomic E-state index is -0.317. The number of nitrogens with two attached hydrogens (primary N) is 1. The number of hydrogen-bond donors (Lipinski definition) is 2. The number of nitrogens with zero attached hydrogens (tertiary/aromatic N) is 3. The third-order valence-electron chi connectivity index (χ3n) is 4.37. The molecule has 0 radical (unpaired) electrons. The molecule has 4 rings (SSSR count). The van der Waals surface area contributed by atoms with E-state index in [-0.39, 0.29) is 17.8 Å². The zero-order valence-corrected chi connectivity index (χ0v) is 15.0. The number of nitrogens with one attached hydrogen (secondary N) is 1. The molecule has 0 spiro atoms. The minimum Gasteiger partial charge on any atom is -0.486 e. The molecule has 3 aromatic rings. The van der Waals surface area contributed by atoms with Crippen molar-refractivity contribution in [2.45, 2.75) is 13.8 Å². The number of fused-ring (bicyclic) bond motifs is 1. The second kappa shape index (κ2) is 6.64.